The standard InChI is InChI=1S/C3H4F3NO2S2/c4-3(5,6)1-7(10,11)2(8)9/h10-11H,1H2/p+1. The molecule has 0 unspecified atom stereocenters. The summed E-state index contributed by atoms with van der Waals surface area (Å²) in [5.74, 6) is 0. The van der Waals surface area contributed by atoms with Crippen LogP contribution in [0.5, 0.6) is 0 Å². The molecule has 0 bridgehead atoms. The number of amides is 1. The SMILES string of the molecule is O=C(O)[N+](S)(S)CC(F)(F)F. The van der Waals surface area contributed by atoms with Crippen LogP contribution in [0.4, 0.5) is 18.0 Å². The third-order valence-electron chi connectivity index (χ3n) is 0.706. The third-order valence-corrected chi connectivity index (χ3v) is 1.33. The lowest BCUT2D eigenvalue weighted by molar-refractivity contribution is -0.584. The van der Waals surface area contributed by atoms with Gasteiger partial charge < -0.3 is 5.11 Å². The van der Waals surface area contributed by atoms with E-state index in [4.69, 9.17) is 5.11 Å². The summed E-state index contributed by atoms with van der Waals surface area (Å²) in [6, 6.07) is 0. The van der Waals surface area contributed by atoms with Crippen molar-refractivity contribution in [2.24, 2.45) is 0 Å². The average molecular weight is 208 g/mol. The number of quaternary nitrogens is 1. The van der Waals surface area contributed by atoms with E-state index >= 15 is 0 Å². The first kappa shape index (κ1) is 10.9. The molecule has 0 aliphatic carbocycles. The Morgan fingerprint density at radius 1 is 1.45 bits per heavy atom. The van der Waals surface area contributed by atoms with Gasteiger partial charge in [-0.1, -0.05) is 3.29 Å². The van der Waals surface area contributed by atoms with Gasteiger partial charge in [0.2, 0.25) is 6.54 Å². The Labute approximate surface area is 71.5 Å². The predicted molar refractivity (Wildman–Crippen MR) is 37.2 cm³/mol. The Bertz CT molecular complexity index is 168. The number of carbonyl (C=O) groups is 1. The molecule has 0 aromatic heterocycles. The van der Waals surface area contributed by atoms with E-state index in [1.165, 1.54) is 0 Å². The molecule has 0 aromatic carbocycles. The number of carboxylic acid groups (broad SMARTS) is 1. The van der Waals surface area contributed by atoms with Crippen molar-refractivity contribution in [2.75, 3.05) is 6.54 Å². The van der Waals surface area contributed by atoms with Crippen LogP contribution in [0.1, 0.15) is 0 Å². The molecule has 0 aromatic rings. The Hall–Kier alpha value is -0.0800. The Morgan fingerprint density at radius 3 is 1.91 bits per heavy atom. The van der Waals surface area contributed by atoms with Gasteiger partial charge in [-0.15, -0.1) is 0 Å². The molecule has 0 rings (SSSR count). The van der Waals surface area contributed by atoms with Gasteiger partial charge in [-0.25, -0.2) is 0 Å². The van der Waals surface area contributed by atoms with E-state index in [2.05, 4.69) is 25.6 Å². The van der Waals surface area contributed by atoms with Crippen molar-refractivity contribution in [3.8, 4) is 0 Å². The maximum absolute atomic E-state index is 11.5. The van der Waals surface area contributed by atoms with Gasteiger partial charge in [-0.3, -0.25) is 0 Å². The van der Waals surface area contributed by atoms with Gasteiger partial charge >= 0.3 is 12.3 Å². The molecule has 8 heteroatoms. The molecule has 0 atom stereocenters. The van der Waals surface area contributed by atoms with Crippen molar-refractivity contribution in [1.82, 2.24) is 0 Å². The molecule has 0 saturated carbocycles. The summed E-state index contributed by atoms with van der Waals surface area (Å²) in [6.45, 7) is -1.63. The summed E-state index contributed by atoms with van der Waals surface area (Å²) in [5.41, 5.74) is 0. The highest BCUT2D eigenvalue weighted by molar-refractivity contribution is 7.88. The Balaban J connectivity index is 4.25. The second-order valence-electron chi connectivity index (χ2n) is 1.79. The fourth-order valence-corrected chi connectivity index (χ4v) is 0.638. The van der Waals surface area contributed by atoms with Crippen LogP contribution in [-0.4, -0.2) is 27.2 Å². The zero-order chi connectivity index (χ0) is 9.28. The summed E-state index contributed by atoms with van der Waals surface area (Å²) in [6.07, 6.45) is -6.36. The van der Waals surface area contributed by atoms with E-state index in [-0.39, 0.29) is 0 Å². The van der Waals surface area contributed by atoms with Crippen LogP contribution in [0.3, 0.4) is 0 Å². The molecule has 3 nitrogen and oxygen atoms in total. The summed E-state index contributed by atoms with van der Waals surface area (Å²) in [7, 11) is 0. The number of hydrogen-bond donors (Lipinski definition) is 3. The van der Waals surface area contributed by atoms with E-state index in [9.17, 15) is 18.0 Å². The molecule has 0 radical (unpaired) electrons. The maximum Gasteiger partial charge on any atom is 0.537 e. The second kappa shape index (κ2) is 3.11. The first-order valence-corrected chi connectivity index (χ1v) is 3.09. The number of nitrogens with zero attached hydrogens (tertiary/aromatic N) is 1. The molecule has 0 spiro atoms. The smallest absolute Gasteiger partial charge is 0.434 e. The lowest BCUT2D eigenvalue weighted by atomic mass is 10.6. The predicted octanol–water partition coefficient (Wildman–Crippen LogP) is 1.73. The number of thiol groups is 2. The van der Waals surface area contributed by atoms with Crippen molar-refractivity contribution in [2.45, 2.75) is 6.18 Å². The summed E-state index contributed by atoms with van der Waals surface area (Å²) in [4.78, 5) is 10.0. The molecule has 0 aliphatic heterocycles. The molecule has 0 aliphatic rings. The maximum atomic E-state index is 11.5. The van der Waals surface area contributed by atoms with Crippen LogP contribution in [0.25, 0.3) is 0 Å². The fraction of sp³-hybridized carbons (Fsp3) is 0.667. The van der Waals surface area contributed by atoms with Crippen molar-refractivity contribution < 1.29 is 26.4 Å². The summed E-state index contributed by atoms with van der Waals surface area (Å²) in [5, 5.41) is 8.12. The molecule has 1 amide bonds. The largest absolute Gasteiger partial charge is 0.537 e. The van der Waals surface area contributed by atoms with E-state index in [0.717, 1.165) is 0 Å². The number of halogens is 3. The van der Waals surface area contributed by atoms with Crippen molar-refractivity contribution in [3.05, 3.63) is 0 Å². The van der Waals surface area contributed by atoms with Gasteiger partial charge in [-0.2, -0.15) is 18.0 Å². The number of rotatable bonds is 1. The fourth-order valence-electron chi connectivity index (χ4n) is 0.318. The van der Waals surface area contributed by atoms with Gasteiger partial charge in [-0.05, 0) is 0 Å². The van der Waals surface area contributed by atoms with Crippen LogP contribution in [0.15, 0.2) is 0 Å². The minimum absolute atomic E-state index is 1.63. The van der Waals surface area contributed by atoms with Crippen molar-refractivity contribution in [3.63, 3.8) is 0 Å². The van der Waals surface area contributed by atoms with E-state index in [0.29, 0.717) is 0 Å². The van der Waals surface area contributed by atoms with Crippen molar-refractivity contribution in [1.29, 1.82) is 0 Å². The molecular weight excluding hydrogens is 203 g/mol. The molecular formula is C3H5F3NO2S2+. The zero-order valence-corrected chi connectivity index (χ0v) is 6.83. The zero-order valence-electron chi connectivity index (χ0n) is 5.04. The highest BCUT2D eigenvalue weighted by Crippen LogP contribution is 2.26. The number of alkyl halides is 3. The minimum Gasteiger partial charge on any atom is -0.434 e. The lowest BCUT2D eigenvalue weighted by Gasteiger charge is -2.18. The molecule has 11 heavy (non-hydrogen) atoms. The van der Waals surface area contributed by atoms with Crippen LogP contribution >= 0.6 is 25.6 Å². The third kappa shape index (κ3) is 4.38. The quantitative estimate of drug-likeness (QED) is 0.453. The van der Waals surface area contributed by atoms with Crippen LogP contribution in [0, 0.1) is 0 Å². The minimum atomic E-state index is -4.60. The highest BCUT2D eigenvalue weighted by atomic mass is 32.2. The van der Waals surface area contributed by atoms with Gasteiger partial charge in [0.05, 0.1) is 25.6 Å². The average Bonchev–Trinajstić information content (AvgIpc) is 1.56. The van der Waals surface area contributed by atoms with Crippen molar-refractivity contribution >= 4 is 31.7 Å². The Kier molecular flexibility index (Phi) is 3.09. The van der Waals surface area contributed by atoms with Gasteiger partial charge in [0.15, 0.2) is 0 Å². The molecule has 0 fully saturated rings. The normalized spacial score (nSPS) is 13.2. The summed E-state index contributed by atoms with van der Waals surface area (Å²) < 4.78 is 32.9. The molecule has 0 heterocycles. The van der Waals surface area contributed by atoms with Gasteiger partial charge in [0.25, 0.3) is 0 Å². The second-order valence-corrected chi connectivity index (χ2v) is 3.47. The lowest BCUT2D eigenvalue weighted by Crippen LogP contribution is -2.41. The molecule has 66 valence electrons. The Morgan fingerprint density at radius 2 is 1.82 bits per heavy atom. The molecule has 1 N–H and O–H groups in total. The van der Waals surface area contributed by atoms with E-state index < -0.39 is 22.1 Å². The van der Waals surface area contributed by atoms with Gasteiger partial charge in [0, 0.05) is 0 Å². The number of hydrogen-bond acceptors (Lipinski definition) is 3. The van der Waals surface area contributed by atoms with Gasteiger partial charge in [0.1, 0.15) is 0 Å². The first-order chi connectivity index (χ1) is 4.65. The molecule has 0 saturated heterocycles. The van der Waals surface area contributed by atoms with E-state index in [1.807, 2.05) is 0 Å². The highest BCUT2D eigenvalue weighted by Gasteiger charge is 2.44. The first-order valence-electron chi connectivity index (χ1n) is 2.29. The summed E-state index contributed by atoms with van der Waals surface area (Å²) >= 11 is 6.31. The topological polar surface area (TPSA) is 37.3 Å². The van der Waals surface area contributed by atoms with Crippen LogP contribution in [-0.2, 0) is 0 Å². The monoisotopic (exact) mass is 208 g/mol. The van der Waals surface area contributed by atoms with Crippen LogP contribution in [0.2, 0.25) is 0 Å². The van der Waals surface area contributed by atoms with Crippen LogP contribution < -0.4 is 0 Å². The van der Waals surface area contributed by atoms with E-state index in [1.54, 1.807) is 0 Å².